The first-order valence-electron chi connectivity index (χ1n) is 6.95. The average molecular weight is 286 g/mol. The molecule has 1 fully saturated rings. The normalized spacial score (nSPS) is 16.2. The van der Waals surface area contributed by atoms with E-state index in [4.69, 9.17) is 18.0 Å². The largest absolute Gasteiger partial charge is 0.389 e. The van der Waals surface area contributed by atoms with Crippen LogP contribution in [0, 0.1) is 0 Å². The van der Waals surface area contributed by atoms with Gasteiger partial charge in [0.15, 0.2) is 0 Å². The fraction of sp³-hybridized carbons (Fsp3) is 0.333. The molecule has 2 heterocycles. The van der Waals surface area contributed by atoms with Crippen molar-refractivity contribution in [1.82, 2.24) is 9.99 Å². The van der Waals surface area contributed by atoms with Crippen molar-refractivity contribution in [3.8, 4) is 0 Å². The minimum atomic E-state index is 0.408. The Morgan fingerprint density at radius 1 is 1.20 bits per heavy atom. The molecule has 104 valence electrons. The molecule has 0 bridgehead atoms. The number of thiocarbonyl (C=S) groups is 1. The molecule has 1 aliphatic heterocycles. The van der Waals surface area contributed by atoms with Crippen LogP contribution in [0.5, 0.6) is 0 Å². The number of anilines is 1. The summed E-state index contributed by atoms with van der Waals surface area (Å²) in [5, 5.41) is 3.22. The van der Waals surface area contributed by atoms with Gasteiger partial charge in [0.05, 0.1) is 5.52 Å². The molecule has 0 radical (unpaired) electrons. The summed E-state index contributed by atoms with van der Waals surface area (Å²) in [6.07, 6.45) is 3.76. The Bertz CT molecular complexity index is 635. The Hall–Kier alpha value is -1.72. The second kappa shape index (κ2) is 5.73. The molecule has 0 aliphatic carbocycles. The highest BCUT2D eigenvalue weighted by Gasteiger charge is 2.12. The van der Waals surface area contributed by atoms with Crippen LogP contribution in [0.4, 0.5) is 5.82 Å². The molecular formula is C15H18N4S. The third kappa shape index (κ3) is 2.73. The van der Waals surface area contributed by atoms with E-state index in [2.05, 4.69) is 15.4 Å². The first kappa shape index (κ1) is 13.3. The van der Waals surface area contributed by atoms with Gasteiger partial charge < -0.3 is 11.2 Å². The molecule has 20 heavy (non-hydrogen) atoms. The first-order chi connectivity index (χ1) is 9.74. The van der Waals surface area contributed by atoms with Gasteiger partial charge in [-0.15, -0.1) is 0 Å². The number of rotatable bonds is 3. The zero-order valence-corrected chi connectivity index (χ0v) is 12.1. The quantitative estimate of drug-likeness (QED) is 0.850. The third-order valence-electron chi connectivity index (χ3n) is 3.61. The molecular weight excluding hydrogens is 268 g/mol. The molecule has 1 aliphatic rings. The Morgan fingerprint density at radius 3 is 2.70 bits per heavy atom. The van der Waals surface area contributed by atoms with E-state index in [0.717, 1.165) is 35.4 Å². The lowest BCUT2D eigenvalue weighted by Gasteiger charge is -2.27. The summed E-state index contributed by atoms with van der Waals surface area (Å²) in [5.41, 5.74) is 11.0. The summed E-state index contributed by atoms with van der Waals surface area (Å²) in [7, 11) is 0. The molecule has 0 saturated carbocycles. The van der Waals surface area contributed by atoms with Crippen LogP contribution >= 0.6 is 12.2 Å². The molecule has 2 aromatic rings. The second-order valence-electron chi connectivity index (χ2n) is 5.10. The lowest BCUT2D eigenvalue weighted by atomic mass is 10.1. The van der Waals surface area contributed by atoms with Crippen LogP contribution < -0.4 is 11.2 Å². The van der Waals surface area contributed by atoms with E-state index in [1.807, 2.05) is 30.3 Å². The number of fused-ring (bicyclic) bond motifs is 1. The molecule has 0 unspecified atom stereocenters. The standard InChI is InChI=1S/C15H18N4S/c16-15(20)12-10-14(18-19-8-4-1-5-9-19)17-13-7-3-2-6-11(12)13/h2-3,6-7,10H,1,4-5,8-9H2,(H2,16,20)(H,17,18). The molecule has 4 nitrogen and oxygen atoms in total. The van der Waals surface area contributed by atoms with Crippen LogP contribution in [0.1, 0.15) is 24.8 Å². The van der Waals surface area contributed by atoms with Crippen molar-refractivity contribution in [2.24, 2.45) is 5.73 Å². The minimum absolute atomic E-state index is 0.408. The van der Waals surface area contributed by atoms with Crippen LogP contribution in [0.3, 0.4) is 0 Å². The highest BCUT2D eigenvalue weighted by molar-refractivity contribution is 7.80. The number of aromatic nitrogens is 1. The lowest BCUT2D eigenvalue weighted by Crippen LogP contribution is -2.35. The minimum Gasteiger partial charge on any atom is -0.389 e. The fourth-order valence-electron chi connectivity index (χ4n) is 2.60. The summed E-state index contributed by atoms with van der Waals surface area (Å²) < 4.78 is 0. The molecule has 3 rings (SSSR count). The van der Waals surface area contributed by atoms with Crippen molar-refractivity contribution in [1.29, 1.82) is 0 Å². The number of nitrogens with two attached hydrogens (primary N) is 1. The van der Waals surface area contributed by atoms with Gasteiger partial charge in [0.2, 0.25) is 0 Å². The monoisotopic (exact) mass is 286 g/mol. The van der Waals surface area contributed by atoms with Gasteiger partial charge in [-0.1, -0.05) is 36.8 Å². The number of pyridine rings is 1. The molecule has 5 heteroatoms. The SMILES string of the molecule is NC(=S)c1cc(NN2CCCCC2)nc2ccccc12. The van der Waals surface area contributed by atoms with Crippen molar-refractivity contribution in [2.45, 2.75) is 19.3 Å². The molecule has 0 spiro atoms. The van der Waals surface area contributed by atoms with E-state index in [1.54, 1.807) is 0 Å². The number of hydrogen-bond donors (Lipinski definition) is 2. The fourth-order valence-corrected chi connectivity index (χ4v) is 2.77. The third-order valence-corrected chi connectivity index (χ3v) is 3.83. The van der Waals surface area contributed by atoms with Crippen LogP contribution in [0.2, 0.25) is 0 Å². The summed E-state index contributed by atoms with van der Waals surface area (Å²) in [4.78, 5) is 5.05. The number of nitrogens with one attached hydrogen (secondary N) is 1. The Labute approximate surface area is 123 Å². The van der Waals surface area contributed by atoms with E-state index in [1.165, 1.54) is 19.3 Å². The molecule has 1 saturated heterocycles. The van der Waals surface area contributed by atoms with Gasteiger partial charge in [-0.25, -0.2) is 9.99 Å². The van der Waals surface area contributed by atoms with E-state index in [-0.39, 0.29) is 0 Å². The maximum Gasteiger partial charge on any atom is 0.141 e. The Balaban J connectivity index is 1.96. The molecule has 0 amide bonds. The number of benzene rings is 1. The van der Waals surface area contributed by atoms with Crippen molar-refractivity contribution in [3.63, 3.8) is 0 Å². The van der Waals surface area contributed by atoms with Crippen molar-refractivity contribution < 1.29 is 0 Å². The van der Waals surface area contributed by atoms with Gasteiger partial charge in [-0.3, -0.25) is 0 Å². The van der Waals surface area contributed by atoms with E-state index in [9.17, 15) is 0 Å². The molecule has 0 atom stereocenters. The van der Waals surface area contributed by atoms with Gasteiger partial charge in [0, 0.05) is 24.0 Å². The summed E-state index contributed by atoms with van der Waals surface area (Å²) >= 11 is 5.16. The topological polar surface area (TPSA) is 54.2 Å². The lowest BCUT2D eigenvalue weighted by molar-refractivity contribution is 0.272. The van der Waals surface area contributed by atoms with Crippen LogP contribution in [0.15, 0.2) is 30.3 Å². The zero-order valence-electron chi connectivity index (χ0n) is 11.3. The zero-order chi connectivity index (χ0) is 13.9. The van der Waals surface area contributed by atoms with Gasteiger partial charge in [0.25, 0.3) is 0 Å². The number of hydrogen-bond acceptors (Lipinski definition) is 4. The van der Waals surface area contributed by atoms with E-state index in [0.29, 0.717) is 4.99 Å². The summed E-state index contributed by atoms with van der Waals surface area (Å²) in [6, 6.07) is 9.88. The maximum atomic E-state index is 5.84. The van der Waals surface area contributed by atoms with Crippen LogP contribution in [0.25, 0.3) is 10.9 Å². The number of hydrazine groups is 1. The molecule has 3 N–H and O–H groups in total. The van der Waals surface area contributed by atoms with E-state index < -0.39 is 0 Å². The highest BCUT2D eigenvalue weighted by Crippen LogP contribution is 2.21. The van der Waals surface area contributed by atoms with Crippen molar-refractivity contribution >= 4 is 33.9 Å². The summed E-state index contributed by atoms with van der Waals surface area (Å²) in [6.45, 7) is 2.10. The maximum absolute atomic E-state index is 5.84. The number of nitrogens with zero attached hydrogens (tertiary/aromatic N) is 2. The number of para-hydroxylation sites is 1. The smallest absolute Gasteiger partial charge is 0.141 e. The summed E-state index contributed by atoms with van der Waals surface area (Å²) in [5.74, 6) is 0.813. The second-order valence-corrected chi connectivity index (χ2v) is 5.54. The van der Waals surface area contributed by atoms with Gasteiger partial charge in [-0.2, -0.15) is 0 Å². The van der Waals surface area contributed by atoms with Crippen LogP contribution in [-0.4, -0.2) is 28.1 Å². The number of piperidine rings is 1. The molecule has 1 aromatic heterocycles. The molecule has 1 aromatic carbocycles. The van der Waals surface area contributed by atoms with Gasteiger partial charge in [0.1, 0.15) is 10.8 Å². The van der Waals surface area contributed by atoms with Gasteiger partial charge >= 0.3 is 0 Å². The first-order valence-corrected chi connectivity index (χ1v) is 7.36. The predicted molar refractivity (Wildman–Crippen MR) is 86.7 cm³/mol. The van der Waals surface area contributed by atoms with Crippen molar-refractivity contribution in [3.05, 3.63) is 35.9 Å². The van der Waals surface area contributed by atoms with Crippen LogP contribution in [-0.2, 0) is 0 Å². The Kier molecular flexibility index (Phi) is 3.80. The van der Waals surface area contributed by atoms with E-state index >= 15 is 0 Å². The highest BCUT2D eigenvalue weighted by atomic mass is 32.1. The van der Waals surface area contributed by atoms with Gasteiger partial charge in [-0.05, 0) is 25.0 Å². The van der Waals surface area contributed by atoms with Crippen molar-refractivity contribution in [2.75, 3.05) is 18.5 Å². The Morgan fingerprint density at radius 2 is 1.95 bits per heavy atom. The predicted octanol–water partition coefficient (Wildman–Crippen LogP) is 2.68. The average Bonchev–Trinajstić information content (AvgIpc) is 2.47.